The zero-order valence-corrected chi connectivity index (χ0v) is 19.7. The van der Waals surface area contributed by atoms with Crippen molar-refractivity contribution >= 4 is 17.6 Å². The van der Waals surface area contributed by atoms with E-state index in [1.807, 2.05) is 24.3 Å². The Kier molecular flexibility index (Phi) is 5.68. The van der Waals surface area contributed by atoms with Crippen LogP contribution in [0, 0.1) is 23.2 Å². The Morgan fingerprint density at radius 3 is 2.59 bits per heavy atom. The SMILES string of the molecule is C[C@@H]1CCC=C2C[C@H]3OC(=O)[C@@H](CN4CCC(O)(c5ccc(Cl)cc5)CC4)[C@H]3[C@H](O)[C@@]21C. The molecule has 2 heterocycles. The van der Waals surface area contributed by atoms with Crippen molar-refractivity contribution in [2.75, 3.05) is 19.6 Å². The lowest BCUT2D eigenvalue weighted by molar-refractivity contribution is -0.145. The molecule has 0 bridgehead atoms. The molecule has 4 aliphatic rings. The number of carbonyl (C=O) groups is 1. The van der Waals surface area contributed by atoms with Gasteiger partial charge in [-0.25, -0.2) is 0 Å². The Morgan fingerprint density at radius 2 is 1.91 bits per heavy atom. The number of rotatable bonds is 3. The van der Waals surface area contributed by atoms with Crippen LogP contribution in [-0.2, 0) is 15.1 Å². The van der Waals surface area contributed by atoms with Crippen LogP contribution in [0.5, 0.6) is 0 Å². The maximum atomic E-state index is 12.9. The van der Waals surface area contributed by atoms with E-state index in [0.717, 1.165) is 24.8 Å². The zero-order valence-electron chi connectivity index (χ0n) is 19.0. The van der Waals surface area contributed by atoms with Gasteiger partial charge < -0.3 is 19.8 Å². The minimum atomic E-state index is -0.866. The average Bonchev–Trinajstić information content (AvgIpc) is 3.07. The van der Waals surface area contributed by atoms with Gasteiger partial charge in [0.05, 0.1) is 17.6 Å². The Balaban J connectivity index is 1.29. The Labute approximate surface area is 195 Å². The van der Waals surface area contributed by atoms with Gasteiger partial charge in [-0.3, -0.25) is 4.79 Å². The van der Waals surface area contributed by atoms with Crippen molar-refractivity contribution in [1.82, 2.24) is 4.90 Å². The first-order valence-electron chi connectivity index (χ1n) is 12.0. The number of esters is 1. The van der Waals surface area contributed by atoms with Crippen molar-refractivity contribution in [2.45, 2.75) is 63.8 Å². The lowest BCUT2D eigenvalue weighted by Crippen LogP contribution is -2.55. The molecule has 1 aromatic carbocycles. The summed E-state index contributed by atoms with van der Waals surface area (Å²) in [6.07, 6.45) is 5.55. The fourth-order valence-electron chi connectivity index (χ4n) is 6.71. The van der Waals surface area contributed by atoms with Gasteiger partial charge in [0.25, 0.3) is 0 Å². The third kappa shape index (κ3) is 3.53. The first-order chi connectivity index (χ1) is 15.2. The van der Waals surface area contributed by atoms with Crippen molar-refractivity contribution in [3.05, 3.63) is 46.5 Å². The van der Waals surface area contributed by atoms with Gasteiger partial charge in [-0.05, 0) is 49.3 Å². The van der Waals surface area contributed by atoms with Gasteiger partial charge >= 0.3 is 5.97 Å². The average molecular weight is 460 g/mol. The second-order valence-electron chi connectivity index (χ2n) is 10.6. The molecule has 3 fully saturated rings. The molecule has 32 heavy (non-hydrogen) atoms. The molecule has 0 aromatic heterocycles. The van der Waals surface area contributed by atoms with Crippen LogP contribution in [0.1, 0.15) is 51.5 Å². The fraction of sp³-hybridized carbons (Fsp3) is 0.654. The summed E-state index contributed by atoms with van der Waals surface area (Å²) in [5.74, 6) is -0.265. The van der Waals surface area contributed by atoms with E-state index < -0.39 is 11.7 Å². The molecule has 2 aliphatic heterocycles. The normalized spacial score (nSPS) is 39.1. The molecule has 174 valence electrons. The van der Waals surface area contributed by atoms with Crippen LogP contribution in [-0.4, -0.2) is 52.9 Å². The van der Waals surface area contributed by atoms with Crippen molar-refractivity contribution in [3.8, 4) is 0 Å². The van der Waals surface area contributed by atoms with Gasteiger partial charge in [0, 0.05) is 42.4 Å². The number of carbonyl (C=O) groups excluding carboxylic acids is 1. The molecule has 6 atom stereocenters. The van der Waals surface area contributed by atoms with Gasteiger partial charge in [-0.2, -0.15) is 0 Å². The lowest BCUT2D eigenvalue weighted by Gasteiger charge is -2.52. The molecule has 0 amide bonds. The molecule has 5 rings (SSSR count). The molecule has 2 aliphatic carbocycles. The standard InChI is InChI=1S/C26H34ClNO4/c1-16-4-3-5-18-14-21-22(23(29)25(16,18)2)20(24(30)32-21)15-28-12-10-26(31,11-13-28)17-6-8-19(27)9-7-17/h5-9,16,20-23,29,31H,3-4,10-15H2,1-2H3/t16-,20+,21-,22-,23+,25-/m1/s1. The molecule has 1 saturated carbocycles. The minimum absolute atomic E-state index is 0.165. The number of halogens is 1. The number of piperidine rings is 1. The van der Waals surface area contributed by atoms with Crippen LogP contribution in [0.3, 0.4) is 0 Å². The predicted octanol–water partition coefficient (Wildman–Crippen LogP) is 3.91. The van der Waals surface area contributed by atoms with Gasteiger partial charge in [0.2, 0.25) is 0 Å². The summed E-state index contributed by atoms with van der Waals surface area (Å²) < 4.78 is 5.81. The van der Waals surface area contributed by atoms with E-state index in [-0.39, 0.29) is 29.3 Å². The number of likely N-dealkylation sites (tertiary alicyclic amines) is 1. The van der Waals surface area contributed by atoms with Crippen LogP contribution in [0.25, 0.3) is 0 Å². The summed E-state index contributed by atoms with van der Waals surface area (Å²) in [5.41, 5.74) is 1.02. The number of nitrogens with zero attached hydrogens (tertiary/aromatic N) is 1. The van der Waals surface area contributed by atoms with E-state index in [1.165, 1.54) is 5.57 Å². The van der Waals surface area contributed by atoms with Crippen LogP contribution >= 0.6 is 11.6 Å². The highest BCUT2D eigenvalue weighted by Gasteiger charge is 2.59. The molecule has 0 unspecified atom stereocenters. The van der Waals surface area contributed by atoms with E-state index in [1.54, 1.807) is 0 Å². The number of hydrogen-bond donors (Lipinski definition) is 2. The highest BCUT2D eigenvalue weighted by Crippen LogP contribution is 2.56. The van der Waals surface area contributed by atoms with Crippen LogP contribution in [0.2, 0.25) is 5.02 Å². The van der Waals surface area contributed by atoms with Gasteiger partial charge in [0.15, 0.2) is 0 Å². The highest BCUT2D eigenvalue weighted by atomic mass is 35.5. The van der Waals surface area contributed by atoms with Gasteiger partial charge in [0.1, 0.15) is 6.10 Å². The van der Waals surface area contributed by atoms with Crippen LogP contribution in [0.4, 0.5) is 0 Å². The van der Waals surface area contributed by atoms with E-state index in [4.69, 9.17) is 16.3 Å². The largest absolute Gasteiger partial charge is 0.461 e. The predicted molar refractivity (Wildman–Crippen MR) is 123 cm³/mol. The number of fused-ring (bicyclic) bond motifs is 2. The summed E-state index contributed by atoms with van der Waals surface area (Å²) in [4.78, 5) is 15.1. The first-order valence-corrected chi connectivity index (χ1v) is 12.4. The maximum Gasteiger partial charge on any atom is 0.311 e. The summed E-state index contributed by atoms with van der Waals surface area (Å²) in [6.45, 7) is 6.39. The molecule has 5 nitrogen and oxygen atoms in total. The second kappa shape index (κ2) is 8.12. The Bertz CT molecular complexity index is 907. The van der Waals surface area contributed by atoms with Crippen molar-refractivity contribution < 1.29 is 19.7 Å². The van der Waals surface area contributed by atoms with E-state index in [0.29, 0.717) is 43.4 Å². The summed E-state index contributed by atoms with van der Waals surface area (Å²) >= 11 is 6.00. The molecular weight excluding hydrogens is 426 g/mol. The number of aliphatic hydroxyl groups is 2. The smallest absolute Gasteiger partial charge is 0.311 e. The van der Waals surface area contributed by atoms with E-state index in [9.17, 15) is 15.0 Å². The maximum absolute atomic E-state index is 12.9. The molecular formula is C26H34ClNO4. The lowest BCUT2D eigenvalue weighted by atomic mass is 9.55. The molecule has 0 spiro atoms. The number of aliphatic hydroxyl groups excluding tert-OH is 1. The number of benzene rings is 1. The summed E-state index contributed by atoms with van der Waals surface area (Å²) in [6, 6.07) is 7.42. The molecule has 2 saturated heterocycles. The van der Waals surface area contributed by atoms with Crippen molar-refractivity contribution in [1.29, 1.82) is 0 Å². The monoisotopic (exact) mass is 459 g/mol. The van der Waals surface area contributed by atoms with E-state index >= 15 is 0 Å². The van der Waals surface area contributed by atoms with Crippen LogP contribution < -0.4 is 0 Å². The van der Waals surface area contributed by atoms with Gasteiger partial charge in [-0.1, -0.05) is 49.2 Å². The quantitative estimate of drug-likeness (QED) is 0.529. The third-order valence-electron chi connectivity index (χ3n) is 9.09. The molecule has 2 N–H and O–H groups in total. The fourth-order valence-corrected chi connectivity index (χ4v) is 6.83. The zero-order chi connectivity index (χ0) is 22.7. The Hall–Kier alpha value is -1.40. The molecule has 0 radical (unpaired) electrons. The topological polar surface area (TPSA) is 70.0 Å². The van der Waals surface area contributed by atoms with Crippen molar-refractivity contribution in [2.24, 2.45) is 23.2 Å². The molecule has 6 heteroatoms. The number of hydrogen-bond acceptors (Lipinski definition) is 5. The molecule has 1 aromatic rings. The van der Waals surface area contributed by atoms with Crippen LogP contribution in [0.15, 0.2) is 35.9 Å². The Morgan fingerprint density at radius 1 is 1.22 bits per heavy atom. The van der Waals surface area contributed by atoms with E-state index in [2.05, 4.69) is 24.8 Å². The number of ether oxygens (including phenoxy) is 1. The van der Waals surface area contributed by atoms with Gasteiger partial charge in [-0.15, -0.1) is 0 Å². The minimum Gasteiger partial charge on any atom is -0.461 e. The third-order valence-corrected chi connectivity index (χ3v) is 9.34. The summed E-state index contributed by atoms with van der Waals surface area (Å²) in [5, 5.41) is 23.4. The van der Waals surface area contributed by atoms with Crippen molar-refractivity contribution in [3.63, 3.8) is 0 Å². The second-order valence-corrected chi connectivity index (χ2v) is 11.1. The first kappa shape index (κ1) is 22.4. The highest BCUT2D eigenvalue weighted by molar-refractivity contribution is 6.30. The summed E-state index contributed by atoms with van der Waals surface area (Å²) in [7, 11) is 0. The number of allylic oxidation sites excluding steroid dienone is 1.